The highest BCUT2D eigenvalue weighted by molar-refractivity contribution is 5.96. The highest BCUT2D eigenvalue weighted by Crippen LogP contribution is 2.37. The molecule has 0 spiro atoms. The van der Waals surface area contributed by atoms with Crippen LogP contribution in [0.2, 0.25) is 0 Å². The smallest absolute Gasteiger partial charge is 0.392 e. The first-order chi connectivity index (χ1) is 11.4. The van der Waals surface area contributed by atoms with Gasteiger partial charge in [0, 0.05) is 13.1 Å². The fourth-order valence-electron chi connectivity index (χ4n) is 3.52. The third-order valence-electron chi connectivity index (χ3n) is 4.84. The molecule has 1 aliphatic heterocycles. The van der Waals surface area contributed by atoms with Gasteiger partial charge in [-0.05, 0) is 50.3 Å². The maximum atomic E-state index is 13.0. The van der Waals surface area contributed by atoms with E-state index in [0.717, 1.165) is 44.5 Å². The second kappa shape index (κ2) is 6.63. The Morgan fingerprint density at radius 1 is 1.17 bits per heavy atom. The van der Waals surface area contributed by atoms with Crippen molar-refractivity contribution in [2.24, 2.45) is 5.92 Å². The molecule has 0 aromatic heterocycles. The van der Waals surface area contributed by atoms with E-state index in [1.807, 2.05) is 4.90 Å². The van der Waals surface area contributed by atoms with Gasteiger partial charge in [-0.15, -0.1) is 0 Å². The van der Waals surface area contributed by atoms with Crippen LogP contribution in [-0.2, 0) is 11.0 Å². The lowest BCUT2D eigenvalue weighted by molar-refractivity contribution is -0.137. The molecule has 24 heavy (non-hydrogen) atoms. The highest BCUT2D eigenvalue weighted by atomic mass is 19.4. The Morgan fingerprint density at radius 3 is 2.46 bits per heavy atom. The Bertz CT molecular complexity index is 612. The molecule has 2 aliphatic rings. The van der Waals surface area contributed by atoms with Crippen molar-refractivity contribution in [3.63, 3.8) is 0 Å². The van der Waals surface area contributed by atoms with E-state index in [4.69, 9.17) is 0 Å². The Kier molecular flexibility index (Phi) is 4.71. The van der Waals surface area contributed by atoms with E-state index in [9.17, 15) is 23.1 Å². The summed E-state index contributed by atoms with van der Waals surface area (Å²) in [5.74, 6) is -0.953. The minimum absolute atomic E-state index is 0.177. The van der Waals surface area contributed by atoms with Crippen molar-refractivity contribution in [3.05, 3.63) is 23.8 Å². The second-order valence-corrected chi connectivity index (χ2v) is 6.52. The maximum Gasteiger partial charge on any atom is 0.416 e. The number of hydrogen-bond acceptors (Lipinski definition) is 3. The topological polar surface area (TPSA) is 52.6 Å². The molecule has 1 saturated carbocycles. The van der Waals surface area contributed by atoms with Crippen LogP contribution in [-0.4, -0.2) is 30.2 Å². The van der Waals surface area contributed by atoms with Crippen molar-refractivity contribution in [1.82, 2.24) is 0 Å². The van der Waals surface area contributed by atoms with Gasteiger partial charge in [-0.1, -0.05) is 0 Å². The van der Waals surface area contributed by atoms with Crippen LogP contribution in [0.25, 0.3) is 0 Å². The number of aliphatic hydroxyl groups excluding tert-OH is 1. The largest absolute Gasteiger partial charge is 0.416 e. The molecule has 1 aromatic rings. The van der Waals surface area contributed by atoms with Gasteiger partial charge in [-0.3, -0.25) is 4.79 Å². The van der Waals surface area contributed by atoms with E-state index in [2.05, 4.69) is 5.32 Å². The first-order valence-electron chi connectivity index (χ1n) is 8.31. The van der Waals surface area contributed by atoms with E-state index < -0.39 is 29.7 Å². The SMILES string of the molecule is O=C(Nc1cc(C(F)(F)F)ccc1N1CCCC1)C1CCCC1O. The van der Waals surface area contributed by atoms with Gasteiger partial charge in [-0.25, -0.2) is 0 Å². The van der Waals surface area contributed by atoms with Crippen molar-refractivity contribution in [2.75, 3.05) is 23.3 Å². The minimum Gasteiger partial charge on any atom is -0.392 e. The number of benzene rings is 1. The molecule has 2 N–H and O–H groups in total. The van der Waals surface area contributed by atoms with E-state index >= 15 is 0 Å². The summed E-state index contributed by atoms with van der Waals surface area (Å²) < 4.78 is 39.0. The predicted molar refractivity (Wildman–Crippen MR) is 84.9 cm³/mol. The number of aliphatic hydroxyl groups is 1. The fourth-order valence-corrected chi connectivity index (χ4v) is 3.52. The monoisotopic (exact) mass is 342 g/mol. The average Bonchev–Trinajstić information content (AvgIpc) is 3.17. The zero-order valence-corrected chi connectivity index (χ0v) is 13.3. The number of nitrogens with zero attached hydrogens (tertiary/aromatic N) is 1. The molecule has 1 aromatic carbocycles. The number of hydrogen-bond donors (Lipinski definition) is 2. The number of carbonyl (C=O) groups is 1. The molecule has 1 amide bonds. The lowest BCUT2D eigenvalue weighted by Gasteiger charge is -2.24. The number of rotatable bonds is 3. The van der Waals surface area contributed by atoms with Gasteiger partial charge in [0.2, 0.25) is 5.91 Å². The summed E-state index contributed by atoms with van der Waals surface area (Å²) in [6.45, 7) is 1.53. The normalized spacial score (nSPS) is 24.4. The first kappa shape index (κ1) is 17.1. The van der Waals surface area contributed by atoms with Crippen molar-refractivity contribution < 1.29 is 23.1 Å². The summed E-state index contributed by atoms with van der Waals surface area (Å²) in [5.41, 5.74) is 0.00452. The van der Waals surface area contributed by atoms with Crippen LogP contribution < -0.4 is 10.2 Å². The molecule has 0 bridgehead atoms. The van der Waals surface area contributed by atoms with Crippen molar-refractivity contribution in [1.29, 1.82) is 0 Å². The van der Waals surface area contributed by atoms with Gasteiger partial charge < -0.3 is 15.3 Å². The number of amides is 1. The van der Waals surface area contributed by atoms with E-state index in [1.165, 1.54) is 6.07 Å². The van der Waals surface area contributed by atoms with Crippen molar-refractivity contribution in [2.45, 2.75) is 44.4 Å². The van der Waals surface area contributed by atoms with Crippen LogP contribution in [0, 0.1) is 5.92 Å². The van der Waals surface area contributed by atoms with Crippen LogP contribution >= 0.6 is 0 Å². The van der Waals surface area contributed by atoms with Crippen LogP contribution in [0.15, 0.2) is 18.2 Å². The highest BCUT2D eigenvalue weighted by Gasteiger charge is 2.34. The fraction of sp³-hybridized carbons (Fsp3) is 0.588. The summed E-state index contributed by atoms with van der Waals surface area (Å²) in [4.78, 5) is 14.4. The molecular weight excluding hydrogens is 321 g/mol. The van der Waals surface area contributed by atoms with E-state index in [1.54, 1.807) is 0 Å². The number of carbonyl (C=O) groups excluding carboxylic acids is 1. The number of halogens is 3. The predicted octanol–water partition coefficient (Wildman–Crippen LogP) is 3.41. The van der Waals surface area contributed by atoms with Crippen LogP contribution in [0.1, 0.15) is 37.7 Å². The van der Waals surface area contributed by atoms with Crippen molar-refractivity contribution in [3.8, 4) is 0 Å². The summed E-state index contributed by atoms with van der Waals surface area (Å²) in [7, 11) is 0. The summed E-state index contributed by atoms with van der Waals surface area (Å²) in [6.07, 6.45) is -1.35. The van der Waals surface area contributed by atoms with Crippen LogP contribution in [0.4, 0.5) is 24.5 Å². The summed E-state index contributed by atoms with van der Waals surface area (Å²) >= 11 is 0. The second-order valence-electron chi connectivity index (χ2n) is 6.52. The Labute approximate surface area is 138 Å². The number of alkyl halides is 3. The third kappa shape index (κ3) is 3.50. The number of anilines is 2. The van der Waals surface area contributed by atoms with Gasteiger partial charge in [0.1, 0.15) is 0 Å². The molecule has 1 heterocycles. The van der Waals surface area contributed by atoms with Gasteiger partial charge in [-0.2, -0.15) is 13.2 Å². The van der Waals surface area contributed by atoms with Gasteiger partial charge in [0.15, 0.2) is 0 Å². The molecule has 7 heteroatoms. The van der Waals surface area contributed by atoms with Crippen LogP contribution in [0.5, 0.6) is 0 Å². The molecule has 2 fully saturated rings. The standard InChI is InChI=1S/C17H21F3N2O2/c18-17(19,20)11-6-7-14(22-8-1-2-9-22)13(10-11)21-16(24)12-4-3-5-15(12)23/h6-7,10,12,15,23H,1-5,8-9H2,(H,21,24). The van der Waals surface area contributed by atoms with Crippen molar-refractivity contribution >= 4 is 17.3 Å². The molecule has 2 atom stereocenters. The lowest BCUT2D eigenvalue weighted by Crippen LogP contribution is -2.30. The first-order valence-corrected chi connectivity index (χ1v) is 8.31. The molecular formula is C17H21F3N2O2. The Hall–Kier alpha value is -1.76. The van der Waals surface area contributed by atoms with Gasteiger partial charge in [0.25, 0.3) is 0 Å². The lowest BCUT2D eigenvalue weighted by atomic mass is 10.0. The summed E-state index contributed by atoms with van der Waals surface area (Å²) in [5, 5.41) is 12.5. The van der Waals surface area contributed by atoms with Gasteiger partial charge >= 0.3 is 6.18 Å². The molecule has 132 valence electrons. The Morgan fingerprint density at radius 2 is 1.88 bits per heavy atom. The minimum atomic E-state index is -4.46. The quantitative estimate of drug-likeness (QED) is 0.885. The molecule has 3 rings (SSSR count). The molecule has 0 radical (unpaired) electrons. The summed E-state index contributed by atoms with van der Waals surface area (Å²) in [6, 6.07) is 3.47. The molecule has 1 saturated heterocycles. The number of nitrogens with one attached hydrogen (secondary N) is 1. The van der Waals surface area contributed by atoms with Gasteiger partial charge in [0.05, 0.1) is 29.0 Å². The maximum absolute atomic E-state index is 13.0. The van der Waals surface area contributed by atoms with E-state index in [-0.39, 0.29) is 5.69 Å². The van der Waals surface area contributed by atoms with Crippen LogP contribution in [0.3, 0.4) is 0 Å². The average molecular weight is 342 g/mol. The van der Waals surface area contributed by atoms with E-state index in [0.29, 0.717) is 18.5 Å². The zero-order chi connectivity index (χ0) is 17.3. The third-order valence-corrected chi connectivity index (χ3v) is 4.84. The Balaban J connectivity index is 1.88. The molecule has 1 aliphatic carbocycles. The molecule has 2 unspecified atom stereocenters. The zero-order valence-electron chi connectivity index (χ0n) is 13.3. The molecule has 4 nitrogen and oxygen atoms in total.